The van der Waals surface area contributed by atoms with Crippen molar-refractivity contribution >= 4 is 11.8 Å². The second-order valence-corrected chi connectivity index (χ2v) is 6.32. The Morgan fingerprint density at radius 1 is 1.04 bits per heavy atom. The molecule has 0 aliphatic heterocycles. The summed E-state index contributed by atoms with van der Waals surface area (Å²) in [4.78, 5) is 23.2. The number of aryl methyl sites for hydroxylation is 2. The highest BCUT2D eigenvalue weighted by atomic mass is 16.2. The number of hydrogen-bond donors (Lipinski definition) is 2. The maximum absolute atomic E-state index is 12.1. The number of aromatic nitrogens is 2. The molecule has 6 heteroatoms. The Morgan fingerprint density at radius 3 is 2.37 bits per heavy atom. The first-order chi connectivity index (χ1) is 13.0. The van der Waals surface area contributed by atoms with E-state index in [0.29, 0.717) is 17.7 Å². The van der Waals surface area contributed by atoms with E-state index in [2.05, 4.69) is 10.4 Å². The minimum Gasteiger partial charge on any atom is -0.366 e. The molecular formula is C21H22N4O2. The van der Waals surface area contributed by atoms with E-state index in [4.69, 9.17) is 5.73 Å². The van der Waals surface area contributed by atoms with Crippen molar-refractivity contribution in [3.8, 4) is 5.69 Å². The molecule has 1 aromatic heterocycles. The van der Waals surface area contributed by atoms with Crippen molar-refractivity contribution in [3.05, 3.63) is 83.2 Å². The molecule has 2 amide bonds. The van der Waals surface area contributed by atoms with Crippen LogP contribution in [0.2, 0.25) is 0 Å². The molecule has 0 aliphatic carbocycles. The number of primary amides is 1. The summed E-state index contributed by atoms with van der Waals surface area (Å²) in [6.45, 7) is 2.56. The largest absolute Gasteiger partial charge is 0.366 e. The third-order valence-electron chi connectivity index (χ3n) is 4.36. The van der Waals surface area contributed by atoms with E-state index in [1.54, 1.807) is 24.3 Å². The van der Waals surface area contributed by atoms with Crippen LogP contribution in [0.25, 0.3) is 5.69 Å². The average molecular weight is 362 g/mol. The SMILES string of the molecule is Cc1nn(-c2ccccc2)cc1CCCNC(=O)c1ccc(C(N)=O)cc1. The molecule has 0 aliphatic rings. The van der Waals surface area contributed by atoms with Gasteiger partial charge in [0, 0.05) is 23.9 Å². The second-order valence-electron chi connectivity index (χ2n) is 6.32. The van der Waals surface area contributed by atoms with Crippen molar-refractivity contribution in [3.63, 3.8) is 0 Å². The van der Waals surface area contributed by atoms with Crippen molar-refractivity contribution < 1.29 is 9.59 Å². The molecule has 3 rings (SSSR count). The number of nitrogens with one attached hydrogen (secondary N) is 1. The normalized spacial score (nSPS) is 10.6. The van der Waals surface area contributed by atoms with Crippen LogP contribution in [0.1, 0.15) is 38.4 Å². The highest BCUT2D eigenvalue weighted by Gasteiger charge is 2.08. The van der Waals surface area contributed by atoms with Gasteiger partial charge in [-0.15, -0.1) is 0 Å². The van der Waals surface area contributed by atoms with E-state index in [9.17, 15) is 9.59 Å². The number of para-hydroxylation sites is 1. The molecule has 0 bridgehead atoms. The molecule has 0 saturated carbocycles. The van der Waals surface area contributed by atoms with Gasteiger partial charge in [-0.2, -0.15) is 5.10 Å². The lowest BCUT2D eigenvalue weighted by Gasteiger charge is -2.05. The smallest absolute Gasteiger partial charge is 0.251 e. The molecule has 0 spiro atoms. The van der Waals surface area contributed by atoms with Gasteiger partial charge in [-0.3, -0.25) is 9.59 Å². The van der Waals surface area contributed by atoms with E-state index in [-0.39, 0.29) is 5.91 Å². The molecule has 0 radical (unpaired) electrons. The molecule has 0 atom stereocenters. The molecular weight excluding hydrogens is 340 g/mol. The van der Waals surface area contributed by atoms with E-state index < -0.39 is 5.91 Å². The van der Waals surface area contributed by atoms with Gasteiger partial charge >= 0.3 is 0 Å². The van der Waals surface area contributed by atoms with Gasteiger partial charge in [0.15, 0.2) is 0 Å². The van der Waals surface area contributed by atoms with Crippen molar-refractivity contribution in [1.82, 2.24) is 15.1 Å². The summed E-state index contributed by atoms with van der Waals surface area (Å²) in [7, 11) is 0. The molecule has 27 heavy (non-hydrogen) atoms. The molecule has 3 N–H and O–H groups in total. The van der Waals surface area contributed by atoms with Crippen molar-refractivity contribution in [2.24, 2.45) is 5.73 Å². The van der Waals surface area contributed by atoms with Crippen LogP contribution in [0, 0.1) is 6.92 Å². The van der Waals surface area contributed by atoms with Gasteiger partial charge in [0.1, 0.15) is 0 Å². The maximum Gasteiger partial charge on any atom is 0.251 e. The number of rotatable bonds is 7. The quantitative estimate of drug-likeness (QED) is 0.633. The molecule has 0 fully saturated rings. The second kappa shape index (κ2) is 8.31. The zero-order chi connectivity index (χ0) is 19.2. The fourth-order valence-corrected chi connectivity index (χ4v) is 2.82. The van der Waals surface area contributed by atoms with Gasteiger partial charge in [0.25, 0.3) is 5.91 Å². The van der Waals surface area contributed by atoms with E-state index in [1.165, 1.54) is 5.56 Å². The Hall–Kier alpha value is -3.41. The Labute approximate surface area is 158 Å². The number of amides is 2. The highest BCUT2D eigenvalue weighted by Crippen LogP contribution is 2.13. The maximum atomic E-state index is 12.1. The lowest BCUT2D eigenvalue weighted by Crippen LogP contribution is -2.25. The summed E-state index contributed by atoms with van der Waals surface area (Å²) in [5.41, 5.74) is 9.28. The lowest BCUT2D eigenvalue weighted by molar-refractivity contribution is 0.0950. The van der Waals surface area contributed by atoms with Crippen molar-refractivity contribution in [2.75, 3.05) is 6.54 Å². The van der Waals surface area contributed by atoms with Crippen LogP contribution in [0.3, 0.4) is 0 Å². The Bertz CT molecular complexity index is 931. The molecule has 3 aromatic rings. The molecule has 0 saturated heterocycles. The number of nitrogens with zero attached hydrogens (tertiary/aromatic N) is 2. The topological polar surface area (TPSA) is 90.0 Å². The zero-order valence-electron chi connectivity index (χ0n) is 15.2. The van der Waals surface area contributed by atoms with Crippen molar-refractivity contribution in [2.45, 2.75) is 19.8 Å². The van der Waals surface area contributed by atoms with E-state index >= 15 is 0 Å². The van der Waals surface area contributed by atoms with Crippen LogP contribution in [0.5, 0.6) is 0 Å². The number of carbonyl (C=O) groups excluding carboxylic acids is 2. The highest BCUT2D eigenvalue weighted by molar-refractivity contribution is 5.97. The minimum atomic E-state index is -0.506. The summed E-state index contributed by atoms with van der Waals surface area (Å²) < 4.78 is 1.88. The molecule has 6 nitrogen and oxygen atoms in total. The number of nitrogens with two attached hydrogens (primary N) is 1. The minimum absolute atomic E-state index is 0.164. The first kappa shape index (κ1) is 18.4. The summed E-state index contributed by atoms with van der Waals surface area (Å²) in [6.07, 6.45) is 3.68. The Balaban J connectivity index is 1.51. The van der Waals surface area contributed by atoms with Gasteiger partial charge in [0.2, 0.25) is 5.91 Å². The molecule has 0 unspecified atom stereocenters. The standard InChI is InChI=1S/C21H22N4O2/c1-15-18(14-25(24-15)19-7-3-2-4-8-19)6-5-13-23-21(27)17-11-9-16(10-12-17)20(22)26/h2-4,7-12,14H,5-6,13H2,1H3,(H2,22,26)(H,23,27). The molecule has 2 aromatic carbocycles. The summed E-state index contributed by atoms with van der Waals surface area (Å²) in [5, 5.41) is 7.45. The third kappa shape index (κ3) is 4.61. The van der Waals surface area contributed by atoms with Gasteiger partial charge in [-0.05, 0) is 61.7 Å². The number of hydrogen-bond acceptors (Lipinski definition) is 3. The fourth-order valence-electron chi connectivity index (χ4n) is 2.82. The van der Waals surface area contributed by atoms with Gasteiger partial charge < -0.3 is 11.1 Å². The van der Waals surface area contributed by atoms with Crippen LogP contribution in [0.4, 0.5) is 0 Å². The number of carbonyl (C=O) groups is 2. The van der Waals surface area contributed by atoms with Crippen molar-refractivity contribution in [1.29, 1.82) is 0 Å². The predicted octanol–water partition coefficient (Wildman–Crippen LogP) is 2.64. The van der Waals surface area contributed by atoms with Crippen LogP contribution in [0.15, 0.2) is 60.8 Å². The Morgan fingerprint density at radius 2 is 1.70 bits per heavy atom. The van der Waals surface area contributed by atoms with Crippen LogP contribution in [-0.2, 0) is 6.42 Å². The fraction of sp³-hybridized carbons (Fsp3) is 0.190. The zero-order valence-corrected chi connectivity index (χ0v) is 15.2. The summed E-state index contributed by atoms with van der Waals surface area (Å²) in [6, 6.07) is 16.3. The van der Waals surface area contributed by atoms with Crippen LogP contribution >= 0.6 is 0 Å². The number of benzene rings is 2. The summed E-state index contributed by atoms with van der Waals surface area (Å²) >= 11 is 0. The predicted molar refractivity (Wildman–Crippen MR) is 104 cm³/mol. The first-order valence-electron chi connectivity index (χ1n) is 8.83. The van der Waals surface area contributed by atoms with E-state index in [0.717, 1.165) is 24.2 Å². The van der Waals surface area contributed by atoms with Gasteiger partial charge in [0.05, 0.1) is 11.4 Å². The van der Waals surface area contributed by atoms with Gasteiger partial charge in [-0.1, -0.05) is 18.2 Å². The molecule has 1 heterocycles. The van der Waals surface area contributed by atoms with Crippen LogP contribution in [-0.4, -0.2) is 28.1 Å². The van der Waals surface area contributed by atoms with Gasteiger partial charge in [-0.25, -0.2) is 4.68 Å². The van der Waals surface area contributed by atoms with Crippen LogP contribution < -0.4 is 11.1 Å². The summed E-state index contributed by atoms with van der Waals surface area (Å²) in [5.74, 6) is -0.670. The Kier molecular flexibility index (Phi) is 5.66. The first-order valence-corrected chi connectivity index (χ1v) is 8.83. The third-order valence-corrected chi connectivity index (χ3v) is 4.36. The monoisotopic (exact) mass is 362 g/mol. The van der Waals surface area contributed by atoms with E-state index in [1.807, 2.05) is 48.1 Å². The lowest BCUT2D eigenvalue weighted by atomic mass is 10.1. The molecule has 138 valence electrons. The average Bonchev–Trinajstić information content (AvgIpc) is 3.06.